The first-order valence-electron chi connectivity index (χ1n) is 4.94. The molecule has 0 spiro atoms. The lowest BCUT2D eigenvalue weighted by Gasteiger charge is -2.02. The summed E-state index contributed by atoms with van der Waals surface area (Å²) in [4.78, 5) is 28.1. The molecule has 0 aliphatic carbocycles. The fourth-order valence-electron chi connectivity index (χ4n) is 1.47. The summed E-state index contributed by atoms with van der Waals surface area (Å²) >= 11 is 0. The van der Waals surface area contributed by atoms with Gasteiger partial charge in [-0.3, -0.25) is 9.59 Å². The Hall–Kier alpha value is -2.24. The number of hydrogen-bond acceptors (Lipinski definition) is 4. The van der Waals surface area contributed by atoms with E-state index in [4.69, 9.17) is 0 Å². The molecule has 0 aliphatic rings. The smallest absolute Gasteiger partial charge is 0.293 e. The van der Waals surface area contributed by atoms with Crippen LogP contribution in [-0.2, 0) is 16.0 Å². The van der Waals surface area contributed by atoms with E-state index in [9.17, 15) is 14.0 Å². The van der Waals surface area contributed by atoms with Crippen molar-refractivity contribution in [1.29, 1.82) is 0 Å². The minimum atomic E-state index is -0.438. The molecule has 1 heterocycles. The summed E-state index contributed by atoms with van der Waals surface area (Å²) in [5, 5.41) is 0. The van der Waals surface area contributed by atoms with Gasteiger partial charge in [0.25, 0.3) is 12.0 Å². The molecule has 0 amide bonds. The summed E-state index contributed by atoms with van der Waals surface area (Å²) < 4.78 is 17.4. The maximum atomic E-state index is 12.9. The van der Waals surface area contributed by atoms with Crippen LogP contribution in [0, 0.1) is 5.82 Å². The van der Waals surface area contributed by atoms with Crippen molar-refractivity contribution in [3.63, 3.8) is 0 Å². The molecule has 0 radical (unpaired) electrons. The van der Waals surface area contributed by atoms with E-state index in [1.807, 2.05) is 0 Å². The number of benzene rings is 1. The Morgan fingerprint density at radius 3 is 3.06 bits per heavy atom. The maximum absolute atomic E-state index is 12.9. The predicted molar refractivity (Wildman–Crippen MR) is 58.0 cm³/mol. The number of carbonyl (C=O) groups excluding carboxylic acids is 1. The SMILES string of the molecule is O=COCCc1nc2ccc(F)cc2[nH]c1=O. The number of aromatic amines is 1. The van der Waals surface area contributed by atoms with Gasteiger partial charge in [-0.2, -0.15) is 0 Å². The van der Waals surface area contributed by atoms with Gasteiger partial charge in [0.1, 0.15) is 11.5 Å². The molecule has 17 heavy (non-hydrogen) atoms. The third-order valence-corrected chi connectivity index (χ3v) is 2.25. The minimum Gasteiger partial charge on any atom is -0.467 e. The number of carbonyl (C=O) groups is 1. The van der Waals surface area contributed by atoms with Gasteiger partial charge in [-0.05, 0) is 18.2 Å². The van der Waals surface area contributed by atoms with Crippen LogP contribution in [0.2, 0.25) is 0 Å². The zero-order valence-electron chi connectivity index (χ0n) is 8.77. The number of rotatable bonds is 4. The number of ether oxygens (including phenoxy) is 1. The number of hydrogen-bond donors (Lipinski definition) is 1. The fraction of sp³-hybridized carbons (Fsp3) is 0.182. The molecule has 0 atom stereocenters. The van der Waals surface area contributed by atoms with Gasteiger partial charge in [0, 0.05) is 6.42 Å². The van der Waals surface area contributed by atoms with Gasteiger partial charge in [0.05, 0.1) is 17.6 Å². The summed E-state index contributed by atoms with van der Waals surface area (Å²) in [6.45, 7) is 0.400. The first kappa shape index (κ1) is 11.3. The second-order valence-electron chi connectivity index (χ2n) is 3.39. The molecule has 0 bridgehead atoms. The average Bonchev–Trinajstić information content (AvgIpc) is 2.30. The van der Waals surface area contributed by atoms with Crippen LogP contribution in [-0.4, -0.2) is 23.0 Å². The van der Waals surface area contributed by atoms with Crippen molar-refractivity contribution in [3.05, 3.63) is 40.1 Å². The normalized spacial score (nSPS) is 10.4. The highest BCUT2D eigenvalue weighted by Gasteiger charge is 2.05. The molecule has 1 aromatic heterocycles. The van der Waals surface area contributed by atoms with Crippen molar-refractivity contribution in [2.75, 3.05) is 6.61 Å². The van der Waals surface area contributed by atoms with E-state index in [0.29, 0.717) is 17.5 Å². The highest BCUT2D eigenvalue weighted by molar-refractivity contribution is 5.73. The Bertz CT molecular complexity index is 609. The van der Waals surface area contributed by atoms with Crippen LogP contribution in [0.3, 0.4) is 0 Å². The van der Waals surface area contributed by atoms with Crippen molar-refractivity contribution in [2.24, 2.45) is 0 Å². The Labute approximate surface area is 95.2 Å². The Balaban J connectivity index is 2.38. The first-order valence-corrected chi connectivity index (χ1v) is 4.94. The van der Waals surface area contributed by atoms with Crippen LogP contribution in [0.15, 0.2) is 23.0 Å². The zero-order valence-corrected chi connectivity index (χ0v) is 8.77. The van der Waals surface area contributed by atoms with Gasteiger partial charge in [0.15, 0.2) is 0 Å². The molecule has 5 nitrogen and oxygen atoms in total. The summed E-state index contributed by atoms with van der Waals surface area (Å²) in [7, 11) is 0. The molecule has 0 aliphatic heterocycles. The van der Waals surface area contributed by atoms with Gasteiger partial charge >= 0.3 is 0 Å². The Kier molecular flexibility index (Phi) is 3.13. The van der Waals surface area contributed by atoms with Crippen LogP contribution in [0.5, 0.6) is 0 Å². The molecule has 0 saturated carbocycles. The molecule has 2 rings (SSSR count). The largest absolute Gasteiger partial charge is 0.467 e. The minimum absolute atomic E-state index is 0.0896. The summed E-state index contributed by atoms with van der Waals surface area (Å²) in [5.41, 5.74) is 0.686. The second kappa shape index (κ2) is 4.73. The van der Waals surface area contributed by atoms with Gasteiger partial charge in [-0.1, -0.05) is 0 Å². The molecule has 88 valence electrons. The first-order chi connectivity index (χ1) is 8.20. The zero-order chi connectivity index (χ0) is 12.3. The topological polar surface area (TPSA) is 72.0 Å². The van der Waals surface area contributed by atoms with Crippen molar-refractivity contribution >= 4 is 17.5 Å². The molecule has 6 heteroatoms. The highest BCUT2D eigenvalue weighted by atomic mass is 19.1. The Morgan fingerprint density at radius 2 is 2.29 bits per heavy atom. The standard InChI is InChI=1S/C11H9FN2O3/c12-7-1-2-8-10(5-7)14-11(16)9(13-8)3-4-17-6-15/h1-2,5-6H,3-4H2,(H,14,16). The number of halogens is 1. The molecular formula is C11H9FN2O3. The third-order valence-electron chi connectivity index (χ3n) is 2.25. The van der Waals surface area contributed by atoms with Crippen LogP contribution < -0.4 is 5.56 Å². The highest BCUT2D eigenvalue weighted by Crippen LogP contribution is 2.09. The molecule has 0 saturated heterocycles. The summed E-state index contributed by atoms with van der Waals surface area (Å²) in [6.07, 6.45) is 0.224. The monoisotopic (exact) mass is 236 g/mol. The van der Waals surface area contributed by atoms with E-state index in [2.05, 4.69) is 14.7 Å². The molecular weight excluding hydrogens is 227 g/mol. The number of nitrogens with one attached hydrogen (secondary N) is 1. The summed E-state index contributed by atoms with van der Waals surface area (Å²) in [5.74, 6) is -0.438. The quantitative estimate of drug-likeness (QED) is 0.629. The molecule has 0 fully saturated rings. The van der Waals surface area contributed by atoms with Gasteiger partial charge in [0.2, 0.25) is 0 Å². The average molecular weight is 236 g/mol. The number of nitrogens with zero attached hydrogens (tertiary/aromatic N) is 1. The predicted octanol–water partition coefficient (Wildman–Crippen LogP) is 0.778. The van der Waals surface area contributed by atoms with E-state index < -0.39 is 11.4 Å². The van der Waals surface area contributed by atoms with Crippen molar-refractivity contribution < 1.29 is 13.9 Å². The number of aromatic nitrogens is 2. The van der Waals surface area contributed by atoms with Crippen molar-refractivity contribution in [2.45, 2.75) is 6.42 Å². The number of H-pyrrole nitrogens is 1. The van der Waals surface area contributed by atoms with Gasteiger partial charge < -0.3 is 9.72 Å². The third kappa shape index (κ3) is 2.47. The number of fused-ring (bicyclic) bond motifs is 1. The lowest BCUT2D eigenvalue weighted by atomic mass is 10.2. The van der Waals surface area contributed by atoms with Crippen LogP contribution in [0.4, 0.5) is 4.39 Å². The molecule has 1 N–H and O–H groups in total. The van der Waals surface area contributed by atoms with E-state index in [1.165, 1.54) is 18.2 Å². The van der Waals surface area contributed by atoms with E-state index in [1.54, 1.807) is 0 Å². The van der Waals surface area contributed by atoms with Gasteiger partial charge in [-0.25, -0.2) is 9.37 Å². The van der Waals surface area contributed by atoms with E-state index in [0.717, 1.165) is 0 Å². The van der Waals surface area contributed by atoms with Crippen LogP contribution in [0.25, 0.3) is 11.0 Å². The van der Waals surface area contributed by atoms with Gasteiger partial charge in [-0.15, -0.1) is 0 Å². The lowest BCUT2D eigenvalue weighted by molar-refractivity contribution is -0.128. The van der Waals surface area contributed by atoms with E-state index >= 15 is 0 Å². The fourth-order valence-corrected chi connectivity index (χ4v) is 1.47. The van der Waals surface area contributed by atoms with Crippen LogP contribution >= 0.6 is 0 Å². The van der Waals surface area contributed by atoms with Crippen molar-refractivity contribution in [3.8, 4) is 0 Å². The molecule has 1 aromatic carbocycles. The molecule has 0 unspecified atom stereocenters. The van der Waals surface area contributed by atoms with E-state index in [-0.39, 0.29) is 18.7 Å². The van der Waals surface area contributed by atoms with Crippen molar-refractivity contribution in [1.82, 2.24) is 9.97 Å². The Morgan fingerprint density at radius 1 is 1.47 bits per heavy atom. The molecule has 2 aromatic rings. The summed E-state index contributed by atoms with van der Waals surface area (Å²) in [6, 6.07) is 3.94. The maximum Gasteiger partial charge on any atom is 0.293 e. The lowest BCUT2D eigenvalue weighted by Crippen LogP contribution is -2.17. The van der Waals surface area contributed by atoms with Crippen LogP contribution in [0.1, 0.15) is 5.69 Å². The second-order valence-corrected chi connectivity index (χ2v) is 3.39.